The third kappa shape index (κ3) is 11.4. The highest BCUT2D eigenvalue weighted by Gasteiger charge is 2.14. The summed E-state index contributed by atoms with van der Waals surface area (Å²) in [4.78, 5) is 0. The van der Waals surface area contributed by atoms with E-state index < -0.39 is 0 Å². The summed E-state index contributed by atoms with van der Waals surface area (Å²) < 4.78 is 5.65. The molecule has 116 valence electrons. The van der Waals surface area contributed by atoms with Gasteiger partial charge in [-0.1, -0.05) is 53.4 Å². The van der Waals surface area contributed by atoms with Crippen molar-refractivity contribution in [1.29, 1.82) is 0 Å². The van der Waals surface area contributed by atoms with Gasteiger partial charge in [0.1, 0.15) is 0 Å². The molecule has 0 heterocycles. The van der Waals surface area contributed by atoms with Crippen LogP contribution >= 0.6 is 0 Å². The molecular weight excluding hydrogens is 234 g/mol. The Morgan fingerprint density at radius 3 is 2.26 bits per heavy atom. The van der Waals surface area contributed by atoms with Crippen molar-refractivity contribution in [3.05, 3.63) is 0 Å². The van der Waals surface area contributed by atoms with Gasteiger partial charge in [-0.05, 0) is 38.1 Å². The summed E-state index contributed by atoms with van der Waals surface area (Å²) in [6.45, 7) is 12.0. The summed E-state index contributed by atoms with van der Waals surface area (Å²) in [5.74, 6) is 0.889. The molecule has 0 aromatic heterocycles. The molecule has 0 bridgehead atoms. The van der Waals surface area contributed by atoms with Crippen LogP contribution in [0.15, 0.2) is 0 Å². The first-order valence-electron chi connectivity index (χ1n) is 8.59. The zero-order chi connectivity index (χ0) is 14.3. The summed E-state index contributed by atoms with van der Waals surface area (Å²) in [6, 6.07) is 0.651. The minimum Gasteiger partial charge on any atom is -0.381 e. The molecule has 0 aliphatic carbocycles. The molecule has 0 radical (unpaired) electrons. The second kappa shape index (κ2) is 14.3. The third-order valence-corrected chi connectivity index (χ3v) is 3.80. The zero-order valence-electron chi connectivity index (χ0n) is 13.8. The maximum atomic E-state index is 5.65. The topological polar surface area (TPSA) is 21.3 Å². The van der Waals surface area contributed by atoms with Crippen LogP contribution in [-0.4, -0.2) is 25.8 Å². The fourth-order valence-corrected chi connectivity index (χ4v) is 2.51. The molecule has 0 spiro atoms. The van der Waals surface area contributed by atoms with Gasteiger partial charge in [0.25, 0.3) is 0 Å². The Bertz CT molecular complexity index is 173. The molecule has 0 rings (SSSR count). The fourth-order valence-electron chi connectivity index (χ4n) is 2.51. The van der Waals surface area contributed by atoms with Crippen molar-refractivity contribution in [2.24, 2.45) is 5.92 Å². The van der Waals surface area contributed by atoms with E-state index >= 15 is 0 Å². The molecule has 0 aromatic rings. The minimum absolute atomic E-state index is 0.651. The Hall–Kier alpha value is -0.0800. The Labute approximate surface area is 121 Å². The molecule has 2 unspecified atom stereocenters. The van der Waals surface area contributed by atoms with Gasteiger partial charge in [-0.25, -0.2) is 0 Å². The number of rotatable bonds is 14. The standard InChI is InChI=1S/C17H37NO/c1-5-9-10-16(8-4)15-17(18-12-6-2)11-14-19-13-7-3/h16-18H,5-15H2,1-4H3. The first kappa shape index (κ1) is 18.9. The number of nitrogens with one attached hydrogen (secondary N) is 1. The van der Waals surface area contributed by atoms with Gasteiger partial charge in [0, 0.05) is 19.3 Å². The molecule has 19 heavy (non-hydrogen) atoms. The molecule has 0 saturated heterocycles. The highest BCUT2D eigenvalue weighted by molar-refractivity contribution is 4.71. The van der Waals surface area contributed by atoms with E-state index in [4.69, 9.17) is 4.74 Å². The van der Waals surface area contributed by atoms with Crippen molar-refractivity contribution in [2.45, 2.75) is 85.1 Å². The van der Waals surface area contributed by atoms with Gasteiger partial charge >= 0.3 is 0 Å². The van der Waals surface area contributed by atoms with Gasteiger partial charge in [-0.3, -0.25) is 0 Å². The first-order valence-corrected chi connectivity index (χ1v) is 8.59. The van der Waals surface area contributed by atoms with Gasteiger partial charge < -0.3 is 10.1 Å². The molecule has 0 aliphatic rings. The van der Waals surface area contributed by atoms with Crippen LogP contribution in [0.1, 0.15) is 79.1 Å². The van der Waals surface area contributed by atoms with Gasteiger partial charge in [0.05, 0.1) is 0 Å². The van der Waals surface area contributed by atoms with Gasteiger partial charge in [-0.2, -0.15) is 0 Å². The molecular formula is C17H37NO. The molecule has 0 fully saturated rings. The van der Waals surface area contributed by atoms with E-state index in [9.17, 15) is 0 Å². The van der Waals surface area contributed by atoms with Crippen molar-refractivity contribution in [3.63, 3.8) is 0 Å². The number of hydrogen-bond acceptors (Lipinski definition) is 2. The van der Waals surface area contributed by atoms with Crippen molar-refractivity contribution in [1.82, 2.24) is 5.32 Å². The smallest absolute Gasteiger partial charge is 0.0480 e. The van der Waals surface area contributed by atoms with Crippen LogP contribution in [0.4, 0.5) is 0 Å². The molecule has 0 aromatic carbocycles. The van der Waals surface area contributed by atoms with E-state index in [0.717, 1.165) is 32.1 Å². The van der Waals surface area contributed by atoms with Crippen LogP contribution in [0.2, 0.25) is 0 Å². The predicted molar refractivity (Wildman–Crippen MR) is 85.7 cm³/mol. The van der Waals surface area contributed by atoms with Crippen LogP contribution in [-0.2, 0) is 4.74 Å². The van der Waals surface area contributed by atoms with E-state index in [0.29, 0.717) is 6.04 Å². The lowest BCUT2D eigenvalue weighted by Gasteiger charge is -2.24. The summed E-state index contributed by atoms with van der Waals surface area (Å²) in [5, 5.41) is 3.71. The van der Waals surface area contributed by atoms with E-state index in [-0.39, 0.29) is 0 Å². The third-order valence-electron chi connectivity index (χ3n) is 3.80. The summed E-state index contributed by atoms with van der Waals surface area (Å²) >= 11 is 0. The molecule has 0 amide bonds. The Kier molecular flexibility index (Phi) is 14.3. The van der Waals surface area contributed by atoms with Gasteiger partial charge in [0.15, 0.2) is 0 Å². The second-order valence-corrected chi connectivity index (χ2v) is 5.70. The summed E-state index contributed by atoms with van der Waals surface area (Å²) in [5.41, 5.74) is 0. The highest BCUT2D eigenvalue weighted by atomic mass is 16.5. The number of unbranched alkanes of at least 4 members (excludes halogenated alkanes) is 1. The van der Waals surface area contributed by atoms with E-state index in [1.165, 1.54) is 44.9 Å². The number of ether oxygens (including phenoxy) is 1. The number of hydrogen-bond donors (Lipinski definition) is 1. The molecule has 2 heteroatoms. The van der Waals surface area contributed by atoms with Gasteiger partial charge in [-0.15, -0.1) is 0 Å². The largest absolute Gasteiger partial charge is 0.381 e. The first-order chi connectivity index (χ1) is 9.28. The van der Waals surface area contributed by atoms with Crippen molar-refractivity contribution in [2.75, 3.05) is 19.8 Å². The quantitative estimate of drug-likeness (QED) is 0.459. The maximum Gasteiger partial charge on any atom is 0.0480 e. The SMILES string of the molecule is CCCCC(CC)CC(CCOCCC)NCCC. The monoisotopic (exact) mass is 271 g/mol. The van der Waals surface area contributed by atoms with Crippen molar-refractivity contribution >= 4 is 0 Å². The molecule has 1 N–H and O–H groups in total. The lowest BCUT2D eigenvalue weighted by molar-refractivity contribution is 0.121. The lowest BCUT2D eigenvalue weighted by Crippen LogP contribution is -2.33. The van der Waals surface area contributed by atoms with Gasteiger partial charge in [0.2, 0.25) is 0 Å². The van der Waals surface area contributed by atoms with E-state index in [1.54, 1.807) is 0 Å². The summed E-state index contributed by atoms with van der Waals surface area (Å²) in [7, 11) is 0. The Balaban J connectivity index is 3.99. The van der Waals surface area contributed by atoms with E-state index in [2.05, 4.69) is 33.0 Å². The molecule has 2 atom stereocenters. The van der Waals surface area contributed by atoms with Crippen LogP contribution < -0.4 is 5.32 Å². The van der Waals surface area contributed by atoms with Crippen LogP contribution in [0.5, 0.6) is 0 Å². The maximum absolute atomic E-state index is 5.65. The van der Waals surface area contributed by atoms with Crippen molar-refractivity contribution < 1.29 is 4.74 Å². The van der Waals surface area contributed by atoms with Crippen LogP contribution in [0.25, 0.3) is 0 Å². The van der Waals surface area contributed by atoms with Crippen LogP contribution in [0, 0.1) is 5.92 Å². The van der Waals surface area contributed by atoms with E-state index in [1.807, 2.05) is 0 Å². The zero-order valence-corrected chi connectivity index (χ0v) is 13.8. The Morgan fingerprint density at radius 2 is 1.68 bits per heavy atom. The highest BCUT2D eigenvalue weighted by Crippen LogP contribution is 2.20. The molecule has 0 saturated carbocycles. The fraction of sp³-hybridized carbons (Fsp3) is 1.00. The van der Waals surface area contributed by atoms with Crippen molar-refractivity contribution in [3.8, 4) is 0 Å². The average molecular weight is 271 g/mol. The second-order valence-electron chi connectivity index (χ2n) is 5.70. The summed E-state index contributed by atoms with van der Waals surface area (Å²) in [6.07, 6.45) is 10.3. The molecule has 2 nitrogen and oxygen atoms in total. The predicted octanol–water partition coefficient (Wildman–Crippen LogP) is 4.78. The molecule has 0 aliphatic heterocycles. The lowest BCUT2D eigenvalue weighted by atomic mass is 9.91. The van der Waals surface area contributed by atoms with Crippen LogP contribution in [0.3, 0.4) is 0 Å². The average Bonchev–Trinajstić information content (AvgIpc) is 2.44. The Morgan fingerprint density at radius 1 is 0.895 bits per heavy atom. The normalized spacial score (nSPS) is 14.5. The minimum atomic E-state index is 0.651.